The van der Waals surface area contributed by atoms with E-state index in [1.807, 2.05) is 18.2 Å². The maximum Gasteiger partial charge on any atom is 0.319 e. The largest absolute Gasteiger partial charge is 0.468 e. The molecule has 1 aliphatic heterocycles. The molecule has 1 heterocycles. The van der Waals surface area contributed by atoms with Crippen LogP contribution in [-0.2, 0) is 19.0 Å². The fraction of sp³-hybridized carbons (Fsp3) is 0.781. The van der Waals surface area contributed by atoms with Gasteiger partial charge in [0.1, 0.15) is 0 Å². The van der Waals surface area contributed by atoms with Crippen molar-refractivity contribution in [3.8, 4) is 0 Å². The zero-order chi connectivity index (χ0) is 26.1. The maximum absolute atomic E-state index is 11.4. The average Bonchev–Trinajstić information content (AvgIpc) is 3.50. The van der Waals surface area contributed by atoms with Crippen LogP contribution in [0.5, 0.6) is 0 Å². The van der Waals surface area contributed by atoms with Crippen LogP contribution in [0, 0.1) is 47.3 Å². The maximum atomic E-state index is 11.4. The van der Waals surface area contributed by atoms with E-state index in [1.54, 1.807) is 0 Å². The number of benzene rings is 1. The van der Waals surface area contributed by atoms with Crippen molar-refractivity contribution in [2.45, 2.75) is 84.3 Å². The molecule has 1 saturated heterocycles. The monoisotopic (exact) mass is 511 g/mol. The van der Waals surface area contributed by atoms with Gasteiger partial charge in [-0.2, -0.15) is 0 Å². The van der Waals surface area contributed by atoms with E-state index in [1.165, 1.54) is 64.0 Å². The second kappa shape index (κ2) is 11.0. The first-order chi connectivity index (χ1) is 17.8. The Morgan fingerprint density at radius 3 is 2.38 bits per heavy atom. The number of carbonyl (C=O) groups is 1. The van der Waals surface area contributed by atoms with Gasteiger partial charge in [-0.1, -0.05) is 49.7 Å². The van der Waals surface area contributed by atoms with Crippen LogP contribution in [0.4, 0.5) is 0 Å². The van der Waals surface area contributed by atoms with Crippen LogP contribution in [0.15, 0.2) is 30.3 Å². The zero-order valence-electron chi connectivity index (χ0n) is 23.6. The van der Waals surface area contributed by atoms with E-state index in [0.29, 0.717) is 17.9 Å². The third kappa shape index (κ3) is 5.01. The van der Waals surface area contributed by atoms with Gasteiger partial charge in [0.15, 0.2) is 5.79 Å². The summed E-state index contributed by atoms with van der Waals surface area (Å²) in [6, 6.07) is 10.3. The second-order valence-electron chi connectivity index (χ2n) is 13.1. The van der Waals surface area contributed by atoms with Crippen LogP contribution < -0.4 is 5.32 Å². The highest BCUT2D eigenvalue weighted by Gasteiger charge is 2.67. The normalized spacial score (nSPS) is 39.6. The van der Waals surface area contributed by atoms with Crippen LogP contribution in [0.1, 0.15) is 77.2 Å². The lowest BCUT2D eigenvalue weighted by Crippen LogP contribution is -2.57. The van der Waals surface area contributed by atoms with Crippen LogP contribution in [0.25, 0.3) is 0 Å². The molecule has 0 bridgehead atoms. The quantitative estimate of drug-likeness (QED) is 0.492. The third-order valence-electron chi connectivity index (χ3n) is 11.4. The van der Waals surface area contributed by atoms with E-state index in [4.69, 9.17) is 14.2 Å². The Morgan fingerprint density at radius 2 is 1.70 bits per heavy atom. The van der Waals surface area contributed by atoms with Gasteiger partial charge in [0, 0.05) is 11.8 Å². The number of nitrogens with one attached hydrogen (secondary N) is 1. The van der Waals surface area contributed by atoms with Gasteiger partial charge in [-0.05, 0) is 99.8 Å². The molecule has 7 unspecified atom stereocenters. The van der Waals surface area contributed by atoms with Crippen molar-refractivity contribution in [3.05, 3.63) is 35.9 Å². The Bertz CT molecular complexity index is 915. The molecule has 7 atom stereocenters. The van der Waals surface area contributed by atoms with Gasteiger partial charge >= 0.3 is 5.97 Å². The molecule has 5 nitrogen and oxygen atoms in total. The highest BCUT2D eigenvalue weighted by molar-refractivity contribution is 5.71. The molecule has 37 heavy (non-hydrogen) atoms. The number of rotatable bonds is 4. The molecule has 1 aromatic rings. The van der Waals surface area contributed by atoms with Gasteiger partial charge in [0.05, 0.1) is 26.9 Å². The Labute approximate surface area is 224 Å². The summed E-state index contributed by atoms with van der Waals surface area (Å²) in [6.45, 7) is 10.1. The number of aryl methyl sites for hydroxylation is 1. The first-order valence-corrected chi connectivity index (χ1v) is 14.9. The van der Waals surface area contributed by atoms with Crippen LogP contribution in [0.2, 0.25) is 0 Å². The molecule has 6 rings (SSSR count). The smallest absolute Gasteiger partial charge is 0.319 e. The van der Waals surface area contributed by atoms with E-state index < -0.39 is 0 Å². The molecule has 1 spiro atoms. The predicted molar refractivity (Wildman–Crippen MR) is 146 cm³/mol. The van der Waals surface area contributed by atoms with Gasteiger partial charge in [0.25, 0.3) is 0 Å². The van der Waals surface area contributed by atoms with Crippen LogP contribution >= 0.6 is 0 Å². The molecule has 4 saturated carbocycles. The van der Waals surface area contributed by atoms with Gasteiger partial charge in [-0.25, -0.2) is 0 Å². The summed E-state index contributed by atoms with van der Waals surface area (Å²) >= 11 is 0. The standard InChI is InChI=1S/C25H41NO4.C7H8/c1-23-9-6-17(15-26-16-22(27)28-3)14-18(23)4-5-19-20(23)7-10-24(2)21(19)8-11-25(24)29-12-13-30-25;1-7-5-3-2-4-6-7/h17-21,26H,4-16H2,1-3H3;2-6H,1H3. The minimum absolute atomic E-state index is 0.161. The molecular weight excluding hydrogens is 462 g/mol. The highest BCUT2D eigenvalue weighted by Crippen LogP contribution is 2.69. The number of carbonyl (C=O) groups excluding carboxylic acids is 1. The molecule has 0 aromatic heterocycles. The molecule has 1 aromatic carbocycles. The lowest BCUT2D eigenvalue weighted by atomic mass is 9.44. The Hall–Kier alpha value is -1.43. The minimum Gasteiger partial charge on any atom is -0.468 e. The van der Waals surface area contributed by atoms with Crippen molar-refractivity contribution in [3.63, 3.8) is 0 Å². The summed E-state index contributed by atoms with van der Waals surface area (Å²) < 4.78 is 17.4. The topological polar surface area (TPSA) is 56.8 Å². The van der Waals surface area contributed by atoms with E-state index in [9.17, 15) is 4.79 Å². The second-order valence-corrected chi connectivity index (χ2v) is 13.1. The molecule has 1 N–H and O–H groups in total. The predicted octanol–water partition coefficient (Wildman–Crippen LogP) is 6.15. The van der Waals surface area contributed by atoms with Crippen LogP contribution in [-0.4, -0.2) is 45.2 Å². The van der Waals surface area contributed by atoms with Crippen molar-refractivity contribution < 1.29 is 19.0 Å². The number of methoxy groups -OCH3 is 1. The van der Waals surface area contributed by atoms with E-state index >= 15 is 0 Å². The molecule has 5 fully saturated rings. The molecular formula is C32H49NO4. The average molecular weight is 512 g/mol. The number of fused-ring (bicyclic) bond motifs is 6. The number of hydrogen-bond acceptors (Lipinski definition) is 5. The fourth-order valence-electron chi connectivity index (χ4n) is 9.40. The first-order valence-electron chi connectivity index (χ1n) is 14.9. The van der Waals surface area contributed by atoms with Gasteiger partial charge in [-0.15, -0.1) is 0 Å². The van der Waals surface area contributed by atoms with E-state index in [-0.39, 0.29) is 17.2 Å². The molecule has 5 heteroatoms. The van der Waals surface area contributed by atoms with E-state index in [2.05, 4.69) is 38.2 Å². The Balaban J connectivity index is 0.000000348. The molecule has 0 radical (unpaired) electrons. The summed E-state index contributed by atoms with van der Waals surface area (Å²) in [5, 5.41) is 3.33. The summed E-state index contributed by atoms with van der Waals surface area (Å²) in [7, 11) is 1.46. The molecule has 0 amide bonds. The van der Waals surface area contributed by atoms with Crippen molar-refractivity contribution >= 4 is 5.97 Å². The van der Waals surface area contributed by atoms with Crippen LogP contribution in [0.3, 0.4) is 0 Å². The summed E-state index contributed by atoms with van der Waals surface area (Å²) in [4.78, 5) is 11.4. The minimum atomic E-state index is -0.274. The Morgan fingerprint density at radius 1 is 0.973 bits per heavy atom. The number of ether oxygens (including phenoxy) is 3. The van der Waals surface area contributed by atoms with Crippen molar-refractivity contribution in [1.29, 1.82) is 0 Å². The summed E-state index contributed by atoms with van der Waals surface area (Å²) in [5.41, 5.74) is 2.03. The summed E-state index contributed by atoms with van der Waals surface area (Å²) in [6.07, 6.45) is 11.8. The van der Waals surface area contributed by atoms with Gasteiger partial charge in [-0.3, -0.25) is 4.79 Å². The number of esters is 1. The lowest BCUT2D eigenvalue weighted by Gasteiger charge is -2.61. The SMILES string of the molecule is COC(=O)CNCC1CCC2(C)C(CCC3C2CCC2(C)C3CCC23OCCO3)C1.Cc1ccccc1. The van der Waals surface area contributed by atoms with Gasteiger partial charge in [0.2, 0.25) is 0 Å². The summed E-state index contributed by atoms with van der Waals surface area (Å²) in [5.74, 6) is 3.60. The molecule has 206 valence electrons. The number of hydrogen-bond donors (Lipinski definition) is 1. The van der Waals surface area contributed by atoms with Gasteiger partial charge < -0.3 is 19.5 Å². The highest BCUT2D eigenvalue weighted by atomic mass is 16.7. The van der Waals surface area contributed by atoms with Crippen molar-refractivity contribution in [2.75, 3.05) is 33.4 Å². The Kier molecular flexibility index (Phi) is 8.06. The lowest BCUT2D eigenvalue weighted by molar-refractivity contribution is -0.247. The molecule has 4 aliphatic carbocycles. The first kappa shape index (κ1) is 27.1. The third-order valence-corrected chi connectivity index (χ3v) is 11.4. The van der Waals surface area contributed by atoms with E-state index in [0.717, 1.165) is 49.9 Å². The van der Waals surface area contributed by atoms with Crippen molar-refractivity contribution in [2.24, 2.45) is 40.4 Å². The fourth-order valence-corrected chi connectivity index (χ4v) is 9.40. The zero-order valence-corrected chi connectivity index (χ0v) is 23.6. The van der Waals surface area contributed by atoms with Crippen molar-refractivity contribution in [1.82, 2.24) is 5.32 Å². The molecule has 5 aliphatic rings.